The van der Waals surface area contributed by atoms with Crippen molar-refractivity contribution in [3.63, 3.8) is 0 Å². The maximum absolute atomic E-state index is 12.8. The second-order valence-corrected chi connectivity index (χ2v) is 5.57. The quantitative estimate of drug-likeness (QED) is 0.906. The van der Waals surface area contributed by atoms with E-state index in [1.165, 1.54) is 12.0 Å². The van der Waals surface area contributed by atoms with Crippen LogP contribution in [0.15, 0.2) is 60.1 Å². The van der Waals surface area contributed by atoms with Crippen molar-refractivity contribution in [3.8, 4) is 5.75 Å². The van der Waals surface area contributed by atoms with Crippen LogP contribution in [0, 0.1) is 0 Å². The maximum Gasteiger partial charge on any atom is 0.294 e. The zero-order valence-corrected chi connectivity index (χ0v) is 14.0. The third kappa shape index (κ3) is 2.76. The number of rotatable bonds is 5. The van der Waals surface area contributed by atoms with Crippen LogP contribution in [0.4, 0.5) is 5.69 Å². The van der Waals surface area contributed by atoms with Crippen molar-refractivity contribution in [1.29, 1.82) is 0 Å². The second-order valence-electron chi connectivity index (χ2n) is 5.57. The molecule has 0 radical (unpaired) electrons. The standard InChI is InChI=1S/C19H18N2O4/c1-3-14(22)16-17(12-8-10-20-11-9-12)21(19(24)18(16)23)13-6-4-5-7-15(13)25-2/h4-11,17,23H,3H2,1-2H3. The number of ether oxygens (including phenoxy) is 1. The Morgan fingerprint density at radius 1 is 1.24 bits per heavy atom. The van der Waals surface area contributed by atoms with Crippen LogP contribution in [0.5, 0.6) is 5.75 Å². The van der Waals surface area contributed by atoms with E-state index in [0.29, 0.717) is 17.0 Å². The lowest BCUT2D eigenvalue weighted by Crippen LogP contribution is -2.31. The highest BCUT2D eigenvalue weighted by atomic mass is 16.5. The van der Waals surface area contributed by atoms with E-state index < -0.39 is 17.7 Å². The summed E-state index contributed by atoms with van der Waals surface area (Å²) in [5.41, 5.74) is 1.28. The number of benzene rings is 1. The Morgan fingerprint density at radius 2 is 1.92 bits per heavy atom. The lowest BCUT2D eigenvalue weighted by Gasteiger charge is -2.28. The van der Waals surface area contributed by atoms with E-state index in [1.807, 2.05) is 0 Å². The lowest BCUT2D eigenvalue weighted by atomic mass is 9.95. The Morgan fingerprint density at radius 3 is 2.56 bits per heavy atom. The van der Waals surface area contributed by atoms with Crippen LogP contribution in [-0.4, -0.2) is 28.9 Å². The zero-order valence-electron chi connectivity index (χ0n) is 14.0. The second kappa shape index (κ2) is 6.76. The number of carbonyl (C=O) groups excluding carboxylic acids is 2. The van der Waals surface area contributed by atoms with Crippen LogP contribution in [0.3, 0.4) is 0 Å². The number of hydrogen-bond acceptors (Lipinski definition) is 5. The van der Waals surface area contributed by atoms with Crippen molar-refractivity contribution in [2.75, 3.05) is 12.0 Å². The average Bonchev–Trinajstić information content (AvgIpc) is 2.93. The Balaban J connectivity index is 2.21. The molecule has 0 bridgehead atoms. The van der Waals surface area contributed by atoms with Gasteiger partial charge in [-0.25, -0.2) is 0 Å². The minimum atomic E-state index is -0.723. The Hall–Kier alpha value is -3.15. The molecule has 3 rings (SSSR count). The number of para-hydroxylation sites is 2. The Labute approximate surface area is 145 Å². The van der Waals surface area contributed by atoms with Crippen molar-refractivity contribution in [3.05, 3.63) is 65.7 Å². The van der Waals surface area contributed by atoms with Crippen molar-refractivity contribution in [2.24, 2.45) is 0 Å². The fraction of sp³-hybridized carbons (Fsp3) is 0.211. The van der Waals surface area contributed by atoms with Crippen molar-refractivity contribution in [2.45, 2.75) is 19.4 Å². The number of aliphatic hydroxyl groups is 1. The van der Waals surface area contributed by atoms with E-state index in [1.54, 1.807) is 55.7 Å². The molecule has 1 amide bonds. The molecule has 0 saturated heterocycles. The topological polar surface area (TPSA) is 79.7 Å². The first kappa shape index (κ1) is 16.7. The van der Waals surface area contributed by atoms with Gasteiger partial charge in [0.2, 0.25) is 0 Å². The van der Waals surface area contributed by atoms with Crippen LogP contribution in [-0.2, 0) is 9.59 Å². The molecular weight excluding hydrogens is 320 g/mol. The van der Waals surface area contributed by atoms with E-state index in [-0.39, 0.29) is 17.8 Å². The number of hydrogen-bond donors (Lipinski definition) is 1. The molecule has 2 aromatic rings. The molecule has 0 saturated carbocycles. The number of methoxy groups -OCH3 is 1. The number of aromatic nitrogens is 1. The molecule has 1 atom stereocenters. The molecular formula is C19H18N2O4. The molecule has 2 heterocycles. The minimum Gasteiger partial charge on any atom is -0.503 e. The van der Waals surface area contributed by atoms with Crippen LogP contribution in [0.2, 0.25) is 0 Å². The summed E-state index contributed by atoms with van der Waals surface area (Å²) in [6, 6.07) is 9.73. The number of ketones is 1. The van der Waals surface area contributed by atoms with Gasteiger partial charge in [0.15, 0.2) is 11.5 Å². The molecule has 6 heteroatoms. The summed E-state index contributed by atoms with van der Waals surface area (Å²) < 4.78 is 5.36. The fourth-order valence-corrected chi connectivity index (χ4v) is 3.02. The number of anilines is 1. The normalized spacial score (nSPS) is 17.1. The molecule has 25 heavy (non-hydrogen) atoms. The van der Waals surface area contributed by atoms with E-state index in [4.69, 9.17) is 4.74 Å². The molecule has 0 spiro atoms. The first-order valence-electron chi connectivity index (χ1n) is 7.93. The molecule has 0 aliphatic carbocycles. The lowest BCUT2D eigenvalue weighted by molar-refractivity contribution is -0.118. The number of aliphatic hydroxyl groups excluding tert-OH is 1. The number of nitrogens with zero attached hydrogens (tertiary/aromatic N) is 2. The van der Waals surface area contributed by atoms with Gasteiger partial charge in [0, 0.05) is 18.8 Å². The van der Waals surface area contributed by atoms with Crippen LogP contribution in [0.25, 0.3) is 0 Å². The summed E-state index contributed by atoms with van der Waals surface area (Å²) in [6.07, 6.45) is 3.36. The number of pyridine rings is 1. The van der Waals surface area contributed by atoms with Crippen LogP contribution < -0.4 is 9.64 Å². The van der Waals surface area contributed by atoms with E-state index in [2.05, 4.69) is 4.98 Å². The maximum atomic E-state index is 12.8. The zero-order chi connectivity index (χ0) is 18.0. The fourth-order valence-electron chi connectivity index (χ4n) is 3.02. The summed E-state index contributed by atoms with van der Waals surface area (Å²) in [4.78, 5) is 30.6. The van der Waals surface area contributed by atoms with Gasteiger partial charge < -0.3 is 9.84 Å². The van der Waals surface area contributed by atoms with Gasteiger partial charge in [0.25, 0.3) is 5.91 Å². The van der Waals surface area contributed by atoms with Gasteiger partial charge in [-0.2, -0.15) is 0 Å². The SMILES string of the molecule is CCC(=O)C1=C(O)C(=O)N(c2ccccc2OC)C1c1ccncc1. The van der Waals surface area contributed by atoms with Gasteiger partial charge >= 0.3 is 0 Å². The summed E-state index contributed by atoms with van der Waals surface area (Å²) in [5.74, 6) is -0.930. The summed E-state index contributed by atoms with van der Waals surface area (Å²) in [6.45, 7) is 1.70. The van der Waals surface area contributed by atoms with Gasteiger partial charge in [0.1, 0.15) is 5.75 Å². The van der Waals surface area contributed by atoms with Gasteiger partial charge in [-0.15, -0.1) is 0 Å². The third-order valence-corrected chi connectivity index (χ3v) is 4.20. The molecule has 128 valence electrons. The molecule has 1 aliphatic heterocycles. The van der Waals surface area contributed by atoms with Crippen LogP contribution >= 0.6 is 0 Å². The third-order valence-electron chi connectivity index (χ3n) is 4.20. The highest BCUT2D eigenvalue weighted by Crippen LogP contribution is 2.44. The van der Waals surface area contributed by atoms with Crippen molar-refractivity contribution < 1.29 is 19.4 Å². The predicted octanol–water partition coefficient (Wildman–Crippen LogP) is 2.97. The van der Waals surface area contributed by atoms with Crippen molar-refractivity contribution >= 4 is 17.4 Å². The number of Topliss-reactive ketones (excluding diaryl/α,β-unsaturated/α-hetero) is 1. The highest BCUT2D eigenvalue weighted by Gasteiger charge is 2.44. The summed E-state index contributed by atoms with van der Waals surface area (Å²) in [5, 5.41) is 10.4. The average molecular weight is 338 g/mol. The van der Waals surface area contributed by atoms with Gasteiger partial charge in [-0.3, -0.25) is 19.5 Å². The Bertz CT molecular complexity index is 846. The van der Waals surface area contributed by atoms with E-state index in [9.17, 15) is 14.7 Å². The first-order chi connectivity index (χ1) is 12.1. The van der Waals surface area contributed by atoms with Crippen molar-refractivity contribution in [1.82, 2.24) is 4.98 Å². The first-order valence-corrected chi connectivity index (χ1v) is 7.93. The smallest absolute Gasteiger partial charge is 0.294 e. The summed E-state index contributed by atoms with van der Waals surface area (Å²) in [7, 11) is 1.51. The molecule has 6 nitrogen and oxygen atoms in total. The predicted molar refractivity (Wildman–Crippen MR) is 92.4 cm³/mol. The molecule has 1 aromatic heterocycles. The molecule has 1 N–H and O–H groups in total. The minimum absolute atomic E-state index is 0.101. The van der Waals surface area contributed by atoms with Gasteiger partial charge in [-0.05, 0) is 29.8 Å². The molecule has 0 fully saturated rings. The Kier molecular flexibility index (Phi) is 4.52. The largest absolute Gasteiger partial charge is 0.503 e. The summed E-state index contributed by atoms with van der Waals surface area (Å²) >= 11 is 0. The van der Waals surface area contributed by atoms with E-state index in [0.717, 1.165) is 0 Å². The van der Waals surface area contributed by atoms with Crippen LogP contribution in [0.1, 0.15) is 24.9 Å². The molecule has 1 unspecified atom stereocenters. The van der Waals surface area contributed by atoms with Gasteiger partial charge in [0.05, 0.1) is 24.4 Å². The highest BCUT2D eigenvalue weighted by molar-refractivity contribution is 6.16. The molecule has 1 aromatic carbocycles. The van der Waals surface area contributed by atoms with E-state index >= 15 is 0 Å². The molecule has 1 aliphatic rings. The van der Waals surface area contributed by atoms with Gasteiger partial charge in [-0.1, -0.05) is 19.1 Å². The number of carbonyl (C=O) groups is 2. The monoisotopic (exact) mass is 338 g/mol. The number of amides is 1.